The van der Waals surface area contributed by atoms with E-state index < -0.39 is 0 Å². The van der Waals surface area contributed by atoms with Crippen molar-refractivity contribution in [1.82, 2.24) is 5.32 Å². The molecule has 76 valence electrons. The third kappa shape index (κ3) is 9.43. The van der Waals surface area contributed by atoms with Crippen molar-refractivity contribution in [2.24, 2.45) is 0 Å². The Balaban J connectivity index is 3.06. The van der Waals surface area contributed by atoms with E-state index in [9.17, 15) is 4.79 Å². The van der Waals surface area contributed by atoms with Crippen molar-refractivity contribution in [2.45, 2.75) is 12.8 Å². The van der Waals surface area contributed by atoms with Crippen LogP contribution in [0.4, 0.5) is 0 Å². The van der Waals surface area contributed by atoms with Gasteiger partial charge in [-0.3, -0.25) is 4.79 Å². The van der Waals surface area contributed by atoms with Crippen LogP contribution in [0.2, 0.25) is 0 Å². The average molecular weight is 203 g/mol. The summed E-state index contributed by atoms with van der Waals surface area (Å²) < 4.78 is 0. The Bertz CT molecular complexity index is 151. The molecule has 0 unspecified atom stereocenters. The maximum absolute atomic E-state index is 10.9. The third-order valence-corrected chi connectivity index (χ3v) is 2.42. The van der Waals surface area contributed by atoms with E-state index in [1.54, 1.807) is 17.8 Å². The standard InChI is InChI=1S/C9H17NO2S/c1-2-4-9(12)10-5-8-13-7-3-6-11/h2,11H,1,3-8H2,(H,10,12). The van der Waals surface area contributed by atoms with E-state index >= 15 is 0 Å². The summed E-state index contributed by atoms with van der Waals surface area (Å²) in [6, 6.07) is 0. The fraction of sp³-hybridized carbons (Fsp3) is 0.667. The molecule has 0 atom stereocenters. The molecule has 0 aromatic heterocycles. The van der Waals surface area contributed by atoms with Crippen molar-refractivity contribution >= 4 is 17.7 Å². The Hall–Kier alpha value is -0.480. The second-order valence-electron chi connectivity index (χ2n) is 2.53. The van der Waals surface area contributed by atoms with E-state index in [1.807, 2.05) is 0 Å². The van der Waals surface area contributed by atoms with Crippen molar-refractivity contribution in [3.05, 3.63) is 12.7 Å². The number of aliphatic hydroxyl groups excluding tert-OH is 1. The fourth-order valence-corrected chi connectivity index (χ4v) is 1.52. The molecule has 13 heavy (non-hydrogen) atoms. The summed E-state index contributed by atoms with van der Waals surface area (Å²) in [6.45, 7) is 4.42. The van der Waals surface area contributed by atoms with E-state index in [0.717, 1.165) is 17.9 Å². The summed E-state index contributed by atoms with van der Waals surface area (Å²) in [5.41, 5.74) is 0. The van der Waals surface area contributed by atoms with Crippen LogP contribution < -0.4 is 5.32 Å². The summed E-state index contributed by atoms with van der Waals surface area (Å²) in [5, 5.41) is 11.3. The van der Waals surface area contributed by atoms with Crippen LogP contribution in [0.25, 0.3) is 0 Å². The van der Waals surface area contributed by atoms with Gasteiger partial charge >= 0.3 is 0 Å². The first-order chi connectivity index (χ1) is 6.31. The lowest BCUT2D eigenvalue weighted by Crippen LogP contribution is -2.24. The zero-order valence-electron chi connectivity index (χ0n) is 7.79. The monoisotopic (exact) mass is 203 g/mol. The average Bonchev–Trinajstić information content (AvgIpc) is 2.11. The molecule has 0 aliphatic heterocycles. The largest absolute Gasteiger partial charge is 0.396 e. The highest BCUT2D eigenvalue weighted by molar-refractivity contribution is 7.99. The molecular formula is C9H17NO2S. The summed E-state index contributed by atoms with van der Waals surface area (Å²) in [5.74, 6) is 1.88. The van der Waals surface area contributed by atoms with Crippen molar-refractivity contribution < 1.29 is 9.90 Å². The topological polar surface area (TPSA) is 49.3 Å². The Labute approximate surface area is 83.6 Å². The molecule has 3 nitrogen and oxygen atoms in total. The van der Waals surface area contributed by atoms with Crippen LogP contribution in [0.5, 0.6) is 0 Å². The van der Waals surface area contributed by atoms with Crippen molar-refractivity contribution in [3.8, 4) is 0 Å². The summed E-state index contributed by atoms with van der Waals surface area (Å²) in [4.78, 5) is 10.9. The van der Waals surface area contributed by atoms with Crippen LogP contribution in [-0.2, 0) is 4.79 Å². The summed E-state index contributed by atoms with van der Waals surface area (Å²) in [7, 11) is 0. The van der Waals surface area contributed by atoms with E-state index in [-0.39, 0.29) is 12.5 Å². The van der Waals surface area contributed by atoms with Crippen LogP contribution >= 0.6 is 11.8 Å². The zero-order chi connectivity index (χ0) is 9.94. The summed E-state index contributed by atoms with van der Waals surface area (Å²) >= 11 is 1.74. The number of hydrogen-bond donors (Lipinski definition) is 2. The normalized spacial score (nSPS) is 9.62. The zero-order valence-corrected chi connectivity index (χ0v) is 8.61. The first-order valence-electron chi connectivity index (χ1n) is 4.37. The van der Waals surface area contributed by atoms with Gasteiger partial charge < -0.3 is 10.4 Å². The minimum absolute atomic E-state index is 0.0257. The number of rotatable bonds is 8. The molecule has 0 rings (SSSR count). The molecule has 0 heterocycles. The molecule has 4 heteroatoms. The van der Waals surface area contributed by atoms with Crippen LogP contribution in [0.1, 0.15) is 12.8 Å². The molecule has 0 aromatic carbocycles. The van der Waals surface area contributed by atoms with Gasteiger partial charge in [-0.05, 0) is 12.2 Å². The van der Waals surface area contributed by atoms with Gasteiger partial charge in [-0.1, -0.05) is 6.08 Å². The van der Waals surface area contributed by atoms with Gasteiger partial charge in [0.2, 0.25) is 5.91 Å². The fourth-order valence-electron chi connectivity index (χ4n) is 0.735. The van der Waals surface area contributed by atoms with Gasteiger partial charge in [-0.2, -0.15) is 11.8 Å². The highest BCUT2D eigenvalue weighted by atomic mass is 32.2. The van der Waals surface area contributed by atoms with Gasteiger partial charge in [0.05, 0.1) is 0 Å². The van der Waals surface area contributed by atoms with E-state index in [2.05, 4.69) is 11.9 Å². The van der Waals surface area contributed by atoms with Crippen molar-refractivity contribution in [1.29, 1.82) is 0 Å². The maximum Gasteiger partial charge on any atom is 0.223 e. The Morgan fingerprint density at radius 2 is 2.31 bits per heavy atom. The van der Waals surface area contributed by atoms with Crippen molar-refractivity contribution in [2.75, 3.05) is 24.7 Å². The van der Waals surface area contributed by atoms with E-state index in [1.165, 1.54) is 0 Å². The molecule has 2 N–H and O–H groups in total. The molecule has 0 saturated heterocycles. The van der Waals surface area contributed by atoms with E-state index in [4.69, 9.17) is 5.11 Å². The predicted octanol–water partition coefficient (Wildman–Crippen LogP) is 0.794. The molecule has 0 aliphatic carbocycles. The Morgan fingerprint density at radius 1 is 1.54 bits per heavy atom. The molecule has 0 radical (unpaired) electrons. The SMILES string of the molecule is C=CCC(=O)NCCSCCCO. The Morgan fingerprint density at radius 3 is 2.92 bits per heavy atom. The lowest BCUT2D eigenvalue weighted by Gasteiger charge is -2.02. The Kier molecular flexibility index (Phi) is 9.25. The van der Waals surface area contributed by atoms with Crippen LogP contribution in [0, 0.1) is 0 Å². The number of carbonyl (C=O) groups is 1. The number of aliphatic hydroxyl groups is 1. The molecule has 0 fully saturated rings. The van der Waals surface area contributed by atoms with Gasteiger partial charge in [0.1, 0.15) is 0 Å². The first kappa shape index (κ1) is 12.5. The highest BCUT2D eigenvalue weighted by Crippen LogP contribution is 1.99. The van der Waals surface area contributed by atoms with Crippen molar-refractivity contribution in [3.63, 3.8) is 0 Å². The molecule has 1 amide bonds. The molecule has 0 bridgehead atoms. The second-order valence-corrected chi connectivity index (χ2v) is 3.76. The van der Waals surface area contributed by atoms with E-state index in [0.29, 0.717) is 13.0 Å². The first-order valence-corrected chi connectivity index (χ1v) is 5.53. The third-order valence-electron chi connectivity index (χ3n) is 1.35. The van der Waals surface area contributed by atoms with Gasteiger partial charge in [0.25, 0.3) is 0 Å². The number of carbonyl (C=O) groups excluding carboxylic acids is 1. The summed E-state index contributed by atoms with van der Waals surface area (Å²) in [6.07, 6.45) is 2.81. The second kappa shape index (κ2) is 9.61. The molecule has 0 aromatic rings. The smallest absolute Gasteiger partial charge is 0.223 e. The molecule has 0 saturated carbocycles. The number of thioether (sulfide) groups is 1. The highest BCUT2D eigenvalue weighted by Gasteiger charge is 1.95. The number of nitrogens with one attached hydrogen (secondary N) is 1. The minimum Gasteiger partial charge on any atom is -0.396 e. The number of hydrogen-bond acceptors (Lipinski definition) is 3. The molecule has 0 aliphatic rings. The quantitative estimate of drug-likeness (QED) is 0.453. The lowest BCUT2D eigenvalue weighted by atomic mass is 10.4. The van der Waals surface area contributed by atoms with Gasteiger partial charge in [-0.25, -0.2) is 0 Å². The van der Waals surface area contributed by atoms with Crippen LogP contribution in [-0.4, -0.2) is 35.7 Å². The van der Waals surface area contributed by atoms with Gasteiger partial charge in [-0.15, -0.1) is 6.58 Å². The van der Waals surface area contributed by atoms with Crippen LogP contribution in [0.3, 0.4) is 0 Å². The van der Waals surface area contributed by atoms with Gasteiger partial charge in [0.15, 0.2) is 0 Å². The predicted molar refractivity (Wildman–Crippen MR) is 56.9 cm³/mol. The molecule has 0 spiro atoms. The van der Waals surface area contributed by atoms with Crippen LogP contribution in [0.15, 0.2) is 12.7 Å². The number of amides is 1. The van der Waals surface area contributed by atoms with Gasteiger partial charge in [0, 0.05) is 25.3 Å². The minimum atomic E-state index is 0.0257. The lowest BCUT2D eigenvalue weighted by molar-refractivity contribution is -0.120. The maximum atomic E-state index is 10.9. The molecular weight excluding hydrogens is 186 g/mol.